The zero-order valence-corrected chi connectivity index (χ0v) is 19.1. The van der Waals surface area contributed by atoms with E-state index in [2.05, 4.69) is 20.8 Å². The van der Waals surface area contributed by atoms with Gasteiger partial charge in [0.25, 0.3) is 5.91 Å². The number of hydrogen-bond donors (Lipinski definition) is 2. The van der Waals surface area contributed by atoms with Crippen molar-refractivity contribution in [3.05, 3.63) is 58.0 Å². The monoisotopic (exact) mass is 489 g/mol. The van der Waals surface area contributed by atoms with Crippen molar-refractivity contribution in [2.24, 2.45) is 0 Å². The van der Waals surface area contributed by atoms with E-state index in [1.165, 1.54) is 20.3 Å². The van der Waals surface area contributed by atoms with Crippen LogP contribution in [0.15, 0.2) is 36.4 Å². The Hall–Kier alpha value is -3.80. The lowest BCUT2D eigenvalue weighted by atomic mass is 10.2. The molecule has 178 valence electrons. The van der Waals surface area contributed by atoms with Crippen molar-refractivity contribution in [2.45, 2.75) is 18.9 Å². The number of likely N-dealkylation sites (tertiary alicyclic amines) is 1. The van der Waals surface area contributed by atoms with E-state index in [1.807, 2.05) is 0 Å². The van der Waals surface area contributed by atoms with Gasteiger partial charge in [0.15, 0.2) is 11.6 Å². The average Bonchev–Trinajstić information content (AvgIpc) is 3.51. The van der Waals surface area contributed by atoms with Gasteiger partial charge in [-0.2, -0.15) is 0 Å². The van der Waals surface area contributed by atoms with E-state index < -0.39 is 17.5 Å². The van der Waals surface area contributed by atoms with Crippen molar-refractivity contribution in [2.75, 3.05) is 31.4 Å². The summed E-state index contributed by atoms with van der Waals surface area (Å²) in [6, 6.07) is 7.42. The van der Waals surface area contributed by atoms with Crippen molar-refractivity contribution in [1.82, 2.24) is 15.1 Å². The fraction of sp³-hybridized carbons (Fsp3) is 0.273. The molecule has 12 heteroatoms. The smallest absolute Gasteiger partial charge is 0.322 e. The van der Waals surface area contributed by atoms with E-state index in [4.69, 9.17) is 9.47 Å². The third-order valence-electron chi connectivity index (χ3n) is 5.26. The standard InChI is InChI=1S/C22H21F2N5O4S/c1-32-13-6-8-16(18(11-13)33-2)26-22(31)29-9-3-4-17(29)20-27-28-21(34-20)19(30)25-12-5-7-14(23)15(24)10-12/h5-8,10-11,17H,3-4,9H2,1-2H3,(H,25,30)(H,26,31). The van der Waals surface area contributed by atoms with Crippen LogP contribution in [-0.4, -0.2) is 47.8 Å². The Morgan fingerprint density at radius 2 is 1.88 bits per heavy atom. The van der Waals surface area contributed by atoms with Crippen LogP contribution in [0, 0.1) is 11.6 Å². The maximum atomic E-state index is 13.4. The van der Waals surface area contributed by atoms with Crippen LogP contribution in [0.1, 0.15) is 33.7 Å². The second kappa shape index (κ2) is 10.00. The fourth-order valence-corrected chi connectivity index (χ4v) is 4.46. The van der Waals surface area contributed by atoms with E-state index in [-0.39, 0.29) is 22.8 Å². The molecular weight excluding hydrogens is 468 g/mol. The Kier molecular flexibility index (Phi) is 6.87. The third kappa shape index (κ3) is 4.91. The number of halogens is 2. The highest BCUT2D eigenvalue weighted by molar-refractivity contribution is 7.13. The van der Waals surface area contributed by atoms with E-state index in [9.17, 15) is 18.4 Å². The van der Waals surface area contributed by atoms with Crippen LogP contribution < -0.4 is 20.1 Å². The molecule has 3 aromatic rings. The van der Waals surface area contributed by atoms with Crippen LogP contribution in [0.5, 0.6) is 11.5 Å². The van der Waals surface area contributed by atoms with Gasteiger partial charge >= 0.3 is 6.03 Å². The zero-order chi connectivity index (χ0) is 24.2. The molecular formula is C22H21F2N5O4S. The molecule has 0 aliphatic carbocycles. The SMILES string of the molecule is COc1ccc(NC(=O)N2CCCC2c2nnc(C(=O)Nc3ccc(F)c(F)c3)s2)c(OC)c1. The number of benzene rings is 2. The molecule has 2 heterocycles. The second-order valence-electron chi connectivity index (χ2n) is 7.38. The largest absolute Gasteiger partial charge is 0.497 e. The number of ether oxygens (including phenoxy) is 2. The molecule has 0 spiro atoms. The maximum Gasteiger partial charge on any atom is 0.322 e. The molecule has 0 saturated carbocycles. The highest BCUT2D eigenvalue weighted by Gasteiger charge is 2.33. The van der Waals surface area contributed by atoms with Gasteiger partial charge in [0.1, 0.15) is 16.5 Å². The molecule has 4 rings (SSSR count). The number of carbonyl (C=O) groups excluding carboxylic acids is 2. The summed E-state index contributed by atoms with van der Waals surface area (Å²) in [5.41, 5.74) is 0.582. The minimum atomic E-state index is -1.07. The first kappa shape index (κ1) is 23.4. The minimum absolute atomic E-state index is 0.0452. The first-order valence-corrected chi connectivity index (χ1v) is 11.1. The number of nitrogens with zero attached hydrogens (tertiary/aromatic N) is 3. The number of carbonyl (C=O) groups is 2. The Balaban J connectivity index is 1.46. The molecule has 3 amide bonds. The van der Waals surface area contributed by atoms with Gasteiger partial charge in [-0.1, -0.05) is 11.3 Å². The van der Waals surface area contributed by atoms with Gasteiger partial charge in [0.05, 0.1) is 25.9 Å². The van der Waals surface area contributed by atoms with Gasteiger partial charge in [-0.25, -0.2) is 13.6 Å². The Labute approximate surface area is 197 Å². The highest BCUT2D eigenvalue weighted by atomic mass is 32.1. The Bertz CT molecular complexity index is 1220. The van der Waals surface area contributed by atoms with E-state index in [0.717, 1.165) is 29.9 Å². The number of hydrogen-bond acceptors (Lipinski definition) is 7. The summed E-state index contributed by atoms with van der Waals surface area (Å²) in [5.74, 6) is -1.64. The van der Waals surface area contributed by atoms with Gasteiger partial charge < -0.3 is 25.0 Å². The number of nitrogens with one attached hydrogen (secondary N) is 2. The highest BCUT2D eigenvalue weighted by Crippen LogP contribution is 2.35. The summed E-state index contributed by atoms with van der Waals surface area (Å²) >= 11 is 1.04. The molecule has 1 atom stereocenters. The van der Waals surface area contributed by atoms with Crippen molar-refractivity contribution < 1.29 is 27.8 Å². The molecule has 1 aliphatic rings. The molecule has 1 aliphatic heterocycles. The molecule has 34 heavy (non-hydrogen) atoms. The van der Waals surface area contributed by atoms with Crippen LogP contribution >= 0.6 is 11.3 Å². The first-order valence-electron chi connectivity index (χ1n) is 10.3. The maximum absolute atomic E-state index is 13.4. The Morgan fingerprint density at radius 1 is 1.06 bits per heavy atom. The number of aromatic nitrogens is 2. The lowest BCUT2D eigenvalue weighted by Gasteiger charge is -2.23. The quantitative estimate of drug-likeness (QED) is 0.530. The van der Waals surface area contributed by atoms with Crippen LogP contribution in [-0.2, 0) is 0 Å². The Morgan fingerprint density at radius 3 is 2.62 bits per heavy atom. The average molecular weight is 490 g/mol. The number of urea groups is 1. The number of anilines is 2. The molecule has 2 aromatic carbocycles. The molecule has 1 unspecified atom stereocenters. The fourth-order valence-electron chi connectivity index (χ4n) is 3.57. The zero-order valence-electron chi connectivity index (χ0n) is 18.3. The molecule has 9 nitrogen and oxygen atoms in total. The van der Waals surface area contributed by atoms with Crippen LogP contribution in [0.25, 0.3) is 0 Å². The summed E-state index contributed by atoms with van der Waals surface area (Å²) in [7, 11) is 3.04. The minimum Gasteiger partial charge on any atom is -0.497 e. The third-order valence-corrected chi connectivity index (χ3v) is 6.28. The molecule has 0 bridgehead atoms. The summed E-state index contributed by atoms with van der Waals surface area (Å²) in [4.78, 5) is 27.1. The predicted octanol–water partition coefficient (Wildman–Crippen LogP) is 4.45. The topological polar surface area (TPSA) is 106 Å². The second-order valence-corrected chi connectivity index (χ2v) is 8.39. The molecule has 1 aromatic heterocycles. The van der Waals surface area contributed by atoms with Gasteiger partial charge in [-0.3, -0.25) is 4.79 Å². The van der Waals surface area contributed by atoms with Crippen molar-refractivity contribution in [3.8, 4) is 11.5 Å². The van der Waals surface area contributed by atoms with Crippen molar-refractivity contribution >= 4 is 34.6 Å². The summed E-state index contributed by atoms with van der Waals surface area (Å²) < 4.78 is 37.0. The van der Waals surface area contributed by atoms with Crippen LogP contribution in [0.2, 0.25) is 0 Å². The van der Waals surface area contributed by atoms with Gasteiger partial charge in [0, 0.05) is 24.4 Å². The number of methoxy groups -OCH3 is 2. The molecule has 1 saturated heterocycles. The van der Waals surface area contributed by atoms with Crippen LogP contribution in [0.3, 0.4) is 0 Å². The molecule has 1 fully saturated rings. The molecule has 2 N–H and O–H groups in total. The van der Waals surface area contributed by atoms with Gasteiger partial charge in [-0.15, -0.1) is 10.2 Å². The van der Waals surface area contributed by atoms with Gasteiger partial charge in [-0.05, 0) is 37.1 Å². The predicted molar refractivity (Wildman–Crippen MR) is 121 cm³/mol. The van der Waals surface area contributed by atoms with Gasteiger partial charge in [0.2, 0.25) is 5.01 Å². The van der Waals surface area contributed by atoms with E-state index in [1.54, 1.807) is 23.1 Å². The van der Waals surface area contributed by atoms with E-state index in [0.29, 0.717) is 35.2 Å². The van der Waals surface area contributed by atoms with E-state index >= 15 is 0 Å². The van der Waals surface area contributed by atoms with Crippen LogP contribution in [0.4, 0.5) is 25.0 Å². The number of rotatable bonds is 6. The normalized spacial score (nSPS) is 15.2. The summed E-state index contributed by atoms with van der Waals surface area (Å²) in [6.07, 6.45) is 1.42. The lowest BCUT2D eigenvalue weighted by molar-refractivity contribution is 0.102. The van der Waals surface area contributed by atoms with Crippen molar-refractivity contribution in [3.63, 3.8) is 0 Å². The summed E-state index contributed by atoms with van der Waals surface area (Å²) in [6.45, 7) is 0.505. The van der Waals surface area contributed by atoms with Crippen molar-refractivity contribution in [1.29, 1.82) is 0 Å². The lowest BCUT2D eigenvalue weighted by Crippen LogP contribution is -2.34. The molecule has 0 radical (unpaired) electrons. The summed E-state index contributed by atoms with van der Waals surface area (Å²) in [5, 5.41) is 13.9. The number of amides is 3. The first-order chi connectivity index (χ1) is 16.4.